The molecule has 12 rings (SSSR count). The van der Waals surface area contributed by atoms with E-state index in [-0.39, 0.29) is 0 Å². The largest absolute Gasteiger partial charge is 0.456 e. The summed E-state index contributed by atoms with van der Waals surface area (Å²) in [5.74, 6) is 1.87. The summed E-state index contributed by atoms with van der Waals surface area (Å²) in [5, 5.41) is 7.34. The molecule has 12 aromatic rings. The van der Waals surface area contributed by atoms with Crippen LogP contribution < -0.4 is 0 Å². The number of benzene rings is 8. The van der Waals surface area contributed by atoms with Gasteiger partial charge in [-0.15, -0.1) is 22.7 Å². The highest BCUT2D eigenvalue weighted by atomic mass is 32.1. The van der Waals surface area contributed by atoms with Gasteiger partial charge in [-0.3, -0.25) is 0 Å². The molecule has 0 saturated heterocycles. The third kappa shape index (κ3) is 5.30. The lowest BCUT2D eigenvalue weighted by Crippen LogP contribution is -2.00. The molecule has 0 radical (unpaired) electrons. The Bertz CT molecular complexity index is 3470. The summed E-state index contributed by atoms with van der Waals surface area (Å²) in [4.78, 5) is 14.8. The second-order valence-corrected chi connectivity index (χ2v) is 16.4. The third-order valence-corrected chi connectivity index (χ3v) is 13.4. The Morgan fingerprint density at radius 3 is 1.42 bits per heavy atom. The SMILES string of the molecule is c1ccc(-c2nc(-c3ccccc3)nc(-c3ccc4c(c3)oc3cc(-c5cccc6c5sc5c(-c7ccc8c(c7)sc7ccccc78)cccc56)ccc34)n2)cc1. The molecule has 8 aromatic carbocycles. The van der Waals surface area contributed by atoms with Crippen molar-refractivity contribution >= 4 is 85.0 Å². The Morgan fingerprint density at radius 1 is 0.316 bits per heavy atom. The first kappa shape index (κ1) is 32.3. The summed E-state index contributed by atoms with van der Waals surface area (Å²) < 4.78 is 11.9. The highest BCUT2D eigenvalue weighted by Crippen LogP contribution is 2.46. The molecule has 4 nitrogen and oxygen atoms in total. The zero-order chi connectivity index (χ0) is 37.5. The molecule has 0 spiro atoms. The molecule has 6 heteroatoms. The van der Waals surface area contributed by atoms with Gasteiger partial charge >= 0.3 is 0 Å². The van der Waals surface area contributed by atoms with E-state index in [1.807, 2.05) is 83.3 Å². The minimum atomic E-state index is 0.602. The highest BCUT2D eigenvalue weighted by Gasteiger charge is 2.18. The summed E-state index contributed by atoms with van der Waals surface area (Å²) in [6.07, 6.45) is 0. The van der Waals surface area contributed by atoms with Gasteiger partial charge in [0.15, 0.2) is 17.5 Å². The zero-order valence-corrected chi connectivity index (χ0v) is 31.9. The number of furan rings is 1. The molecule has 0 fully saturated rings. The van der Waals surface area contributed by atoms with Crippen LogP contribution in [0.1, 0.15) is 0 Å². The lowest BCUT2D eigenvalue weighted by molar-refractivity contribution is 0.669. The fourth-order valence-electron chi connectivity index (χ4n) is 8.19. The lowest BCUT2D eigenvalue weighted by atomic mass is 9.99. The van der Waals surface area contributed by atoms with Gasteiger partial charge in [-0.1, -0.05) is 140 Å². The van der Waals surface area contributed by atoms with E-state index in [0.29, 0.717) is 17.5 Å². The molecule has 0 bridgehead atoms. The first-order valence-corrected chi connectivity index (χ1v) is 20.6. The van der Waals surface area contributed by atoms with Crippen molar-refractivity contribution in [1.82, 2.24) is 15.0 Å². The van der Waals surface area contributed by atoms with Crippen LogP contribution in [-0.2, 0) is 0 Å². The van der Waals surface area contributed by atoms with E-state index in [4.69, 9.17) is 19.4 Å². The molecular weight excluding hydrogens is 735 g/mol. The minimum Gasteiger partial charge on any atom is -0.456 e. The minimum absolute atomic E-state index is 0.602. The van der Waals surface area contributed by atoms with Crippen molar-refractivity contribution in [3.63, 3.8) is 0 Å². The first-order valence-electron chi connectivity index (χ1n) is 18.9. The fraction of sp³-hybridized carbons (Fsp3) is 0. The smallest absolute Gasteiger partial charge is 0.164 e. The maximum Gasteiger partial charge on any atom is 0.164 e. The van der Waals surface area contributed by atoms with E-state index in [2.05, 4.69) is 115 Å². The predicted octanol–water partition coefficient (Wildman–Crippen LogP) is 14.8. The molecule has 0 atom stereocenters. The van der Waals surface area contributed by atoms with Gasteiger partial charge in [0.05, 0.1) is 0 Å². The van der Waals surface area contributed by atoms with Crippen molar-refractivity contribution < 1.29 is 4.42 Å². The van der Waals surface area contributed by atoms with Crippen molar-refractivity contribution in [1.29, 1.82) is 0 Å². The maximum atomic E-state index is 6.64. The number of thiophene rings is 2. The molecule has 0 aliphatic rings. The average Bonchev–Trinajstić information content (AvgIpc) is 3.97. The van der Waals surface area contributed by atoms with Crippen molar-refractivity contribution in [3.8, 4) is 56.4 Å². The lowest BCUT2D eigenvalue weighted by Gasteiger charge is -2.08. The van der Waals surface area contributed by atoms with Crippen LogP contribution in [0.15, 0.2) is 180 Å². The van der Waals surface area contributed by atoms with Gasteiger partial charge in [-0.2, -0.15) is 0 Å². The Labute approximate surface area is 335 Å². The molecule has 4 heterocycles. The number of nitrogens with zero attached hydrogens (tertiary/aromatic N) is 3. The van der Waals surface area contributed by atoms with Crippen LogP contribution in [0.5, 0.6) is 0 Å². The number of hydrogen-bond donors (Lipinski definition) is 0. The summed E-state index contributed by atoms with van der Waals surface area (Å²) in [6, 6.07) is 62.0. The number of rotatable bonds is 5. The Hall–Kier alpha value is -6.99. The van der Waals surface area contributed by atoms with Crippen molar-refractivity contribution in [2.45, 2.75) is 0 Å². The molecule has 0 N–H and O–H groups in total. The molecule has 0 aliphatic carbocycles. The summed E-state index contributed by atoms with van der Waals surface area (Å²) in [5.41, 5.74) is 9.25. The molecule has 57 heavy (non-hydrogen) atoms. The number of aromatic nitrogens is 3. The van der Waals surface area contributed by atoms with E-state index in [0.717, 1.165) is 44.2 Å². The Kier molecular flexibility index (Phi) is 7.24. The van der Waals surface area contributed by atoms with Crippen LogP contribution >= 0.6 is 22.7 Å². The van der Waals surface area contributed by atoms with E-state index >= 15 is 0 Å². The Balaban J connectivity index is 0.953. The van der Waals surface area contributed by atoms with Gasteiger partial charge in [0.25, 0.3) is 0 Å². The van der Waals surface area contributed by atoms with Crippen molar-refractivity contribution in [3.05, 3.63) is 176 Å². The van der Waals surface area contributed by atoms with Gasteiger partial charge in [0, 0.05) is 67.8 Å². The molecule has 4 aromatic heterocycles. The topological polar surface area (TPSA) is 51.8 Å². The van der Waals surface area contributed by atoms with Gasteiger partial charge in [-0.25, -0.2) is 15.0 Å². The van der Waals surface area contributed by atoms with Gasteiger partial charge in [0.1, 0.15) is 11.2 Å². The standard InChI is InChI=1S/C51H29N3OS2/c1-3-11-30(12-4-1)49-52-50(31-13-5-2-6-14-31)54-51(53-49)34-23-25-38-37-24-21-32(27-43(37)55-44(38)28-34)35-16-9-18-41-42-19-10-17-36(48(42)57-47(35)41)33-22-26-40-39-15-7-8-20-45(39)56-46(40)29-33/h1-29H. The zero-order valence-electron chi connectivity index (χ0n) is 30.3. The van der Waals surface area contributed by atoms with Crippen LogP contribution in [0.3, 0.4) is 0 Å². The molecule has 0 aliphatic heterocycles. The molecule has 0 saturated carbocycles. The third-order valence-electron chi connectivity index (χ3n) is 11.0. The quantitative estimate of drug-likeness (QED) is 0.175. The van der Waals surface area contributed by atoms with Crippen molar-refractivity contribution in [2.24, 2.45) is 0 Å². The fourth-order valence-corrected chi connectivity index (χ4v) is 10.7. The first-order chi connectivity index (χ1) is 28.2. The number of fused-ring (bicyclic) bond motifs is 9. The summed E-state index contributed by atoms with van der Waals surface area (Å²) >= 11 is 3.75. The highest BCUT2D eigenvalue weighted by molar-refractivity contribution is 7.27. The maximum absolute atomic E-state index is 6.64. The molecular formula is C51H29N3OS2. The van der Waals surface area contributed by atoms with Crippen molar-refractivity contribution in [2.75, 3.05) is 0 Å². The molecule has 0 unspecified atom stereocenters. The second-order valence-electron chi connectivity index (χ2n) is 14.3. The van der Waals surface area contributed by atoms with Crippen LogP contribution in [0, 0.1) is 0 Å². The summed E-state index contributed by atoms with van der Waals surface area (Å²) in [6.45, 7) is 0. The molecule has 266 valence electrons. The number of hydrogen-bond acceptors (Lipinski definition) is 6. The van der Waals surface area contributed by atoms with E-state index in [1.54, 1.807) is 0 Å². The van der Waals surface area contributed by atoms with Crippen LogP contribution in [0.2, 0.25) is 0 Å². The Morgan fingerprint density at radius 2 is 0.789 bits per heavy atom. The van der Waals surface area contributed by atoms with E-state index in [1.165, 1.54) is 57.0 Å². The summed E-state index contributed by atoms with van der Waals surface area (Å²) in [7, 11) is 0. The van der Waals surface area contributed by atoms with Gasteiger partial charge < -0.3 is 4.42 Å². The van der Waals surface area contributed by atoms with Crippen LogP contribution in [0.4, 0.5) is 0 Å². The van der Waals surface area contributed by atoms with Crippen LogP contribution in [-0.4, -0.2) is 15.0 Å². The second kappa shape index (κ2) is 12.8. The van der Waals surface area contributed by atoms with Gasteiger partial charge in [0.2, 0.25) is 0 Å². The van der Waals surface area contributed by atoms with Gasteiger partial charge in [-0.05, 0) is 58.7 Å². The average molecular weight is 764 g/mol. The monoisotopic (exact) mass is 763 g/mol. The molecule has 0 amide bonds. The predicted molar refractivity (Wildman–Crippen MR) is 240 cm³/mol. The van der Waals surface area contributed by atoms with Crippen LogP contribution in [0.25, 0.3) is 119 Å². The van der Waals surface area contributed by atoms with E-state index in [9.17, 15) is 0 Å². The van der Waals surface area contributed by atoms with E-state index < -0.39 is 0 Å². The normalized spacial score (nSPS) is 11.9.